The van der Waals surface area contributed by atoms with Crippen molar-refractivity contribution in [2.24, 2.45) is 5.92 Å². The van der Waals surface area contributed by atoms with Gasteiger partial charge in [-0.2, -0.15) is 26.3 Å². The number of piperidine rings is 1. The van der Waals surface area contributed by atoms with Gasteiger partial charge in [-0.05, 0) is 96.1 Å². The Hall–Kier alpha value is -3.33. The van der Waals surface area contributed by atoms with Crippen LogP contribution in [-0.2, 0) is 23.6 Å². The Balaban J connectivity index is 1.59. The smallest absolute Gasteiger partial charge is 0.416 e. The van der Waals surface area contributed by atoms with Gasteiger partial charge in [-0.1, -0.05) is 56.3 Å². The van der Waals surface area contributed by atoms with Crippen molar-refractivity contribution in [2.45, 2.75) is 63.7 Å². The largest absolute Gasteiger partial charge is 0.481 e. The number of carbonyl (C=O) groups is 1. The van der Waals surface area contributed by atoms with Gasteiger partial charge in [-0.15, -0.1) is 0 Å². The van der Waals surface area contributed by atoms with Gasteiger partial charge in [-0.3, -0.25) is 4.79 Å². The molecule has 4 rings (SSSR count). The van der Waals surface area contributed by atoms with Crippen LogP contribution in [0, 0.1) is 5.92 Å². The first kappa shape index (κ1) is 31.6. The summed E-state index contributed by atoms with van der Waals surface area (Å²) >= 11 is 0. The molecule has 0 aliphatic carbocycles. The van der Waals surface area contributed by atoms with Crippen LogP contribution in [0.2, 0.25) is 0 Å². The van der Waals surface area contributed by atoms with Gasteiger partial charge in [0.1, 0.15) is 0 Å². The average Bonchev–Trinajstić information content (AvgIpc) is 2.94. The highest BCUT2D eigenvalue weighted by atomic mass is 19.4. The molecule has 2 atom stereocenters. The third-order valence-corrected chi connectivity index (χ3v) is 7.91. The van der Waals surface area contributed by atoms with Gasteiger partial charge < -0.3 is 10.0 Å². The number of aliphatic carboxylic acids is 1. The molecule has 3 aromatic rings. The number of carboxylic acid groups (broad SMARTS) is 1. The summed E-state index contributed by atoms with van der Waals surface area (Å²) in [6, 6.07) is 15.8. The van der Waals surface area contributed by atoms with Crippen molar-refractivity contribution in [3.05, 3.63) is 94.5 Å². The molecule has 0 aromatic heterocycles. The van der Waals surface area contributed by atoms with Gasteiger partial charge in [0.05, 0.1) is 17.0 Å². The fourth-order valence-electron chi connectivity index (χ4n) is 5.66. The predicted octanol–water partition coefficient (Wildman–Crippen LogP) is 9.03. The molecule has 0 saturated carbocycles. The van der Waals surface area contributed by atoms with Crippen molar-refractivity contribution in [2.75, 3.05) is 19.6 Å². The van der Waals surface area contributed by atoms with Gasteiger partial charge in [0.25, 0.3) is 0 Å². The molecule has 0 amide bonds. The Labute approximate surface area is 242 Å². The first-order valence-electron chi connectivity index (χ1n) is 14.1. The molecule has 0 bridgehead atoms. The highest BCUT2D eigenvalue weighted by molar-refractivity contribution is 5.78. The zero-order valence-electron chi connectivity index (χ0n) is 23.6. The Morgan fingerprint density at radius 1 is 0.881 bits per heavy atom. The molecule has 1 N–H and O–H groups in total. The van der Waals surface area contributed by atoms with Crippen molar-refractivity contribution in [1.82, 2.24) is 4.90 Å². The molecule has 3 nitrogen and oxygen atoms in total. The normalized spacial score (nSPS) is 17.4. The van der Waals surface area contributed by atoms with Gasteiger partial charge in [0, 0.05) is 13.1 Å². The topological polar surface area (TPSA) is 40.5 Å². The monoisotopic (exact) mass is 591 g/mol. The van der Waals surface area contributed by atoms with E-state index >= 15 is 0 Å². The SMILES string of the molecule is CC(C)C[C@@H](C(=O)O)c1cc(-c2ccc(C(F)(F)F)cc2)cc(C2CCCN(CCc3ccc(C(F)(F)F)cc3)C2)c1. The van der Waals surface area contributed by atoms with Crippen molar-refractivity contribution >= 4 is 5.97 Å². The van der Waals surface area contributed by atoms with E-state index in [4.69, 9.17) is 0 Å². The van der Waals surface area contributed by atoms with Crippen LogP contribution in [0.4, 0.5) is 26.3 Å². The number of carboxylic acids is 1. The van der Waals surface area contributed by atoms with Gasteiger partial charge in [0.2, 0.25) is 0 Å². The molecule has 9 heteroatoms. The molecule has 1 saturated heterocycles. The van der Waals surface area contributed by atoms with Crippen LogP contribution >= 0.6 is 0 Å². The first-order valence-corrected chi connectivity index (χ1v) is 14.1. The number of rotatable bonds is 9. The number of nitrogens with zero attached hydrogens (tertiary/aromatic N) is 1. The van der Waals surface area contributed by atoms with Crippen LogP contribution in [0.1, 0.15) is 72.8 Å². The highest BCUT2D eigenvalue weighted by Gasteiger charge is 2.31. The van der Waals surface area contributed by atoms with Crippen LogP contribution in [-0.4, -0.2) is 35.6 Å². The fraction of sp³-hybridized carbons (Fsp3) is 0.424. The predicted molar refractivity (Wildman–Crippen MR) is 150 cm³/mol. The van der Waals surface area contributed by atoms with E-state index in [1.807, 2.05) is 26.0 Å². The number of hydrogen-bond acceptors (Lipinski definition) is 2. The van der Waals surface area contributed by atoms with Gasteiger partial charge in [-0.25, -0.2) is 0 Å². The third-order valence-electron chi connectivity index (χ3n) is 7.91. The summed E-state index contributed by atoms with van der Waals surface area (Å²) in [5.41, 5.74) is 2.21. The van der Waals surface area contributed by atoms with Crippen LogP contribution in [0.5, 0.6) is 0 Å². The first-order chi connectivity index (χ1) is 19.7. The van der Waals surface area contributed by atoms with E-state index in [-0.39, 0.29) is 11.8 Å². The second kappa shape index (κ2) is 12.9. The van der Waals surface area contributed by atoms with Crippen LogP contribution in [0.25, 0.3) is 11.1 Å². The summed E-state index contributed by atoms with van der Waals surface area (Å²) in [7, 11) is 0. The standard InChI is InChI=1S/C33H35F6NO2/c1-21(2)16-30(31(41)42)27-18-25(23-7-11-29(12-8-23)33(37,38)39)17-26(19-27)24-4-3-14-40(20-24)15-13-22-5-9-28(10-6-22)32(34,35)36/h5-12,17-19,21,24,30H,3-4,13-16,20H2,1-2H3,(H,41,42)/t24?,30-/m1/s1. The van der Waals surface area contributed by atoms with E-state index in [9.17, 15) is 36.2 Å². The summed E-state index contributed by atoms with van der Waals surface area (Å²) in [6.45, 7) is 6.10. The lowest BCUT2D eigenvalue weighted by Gasteiger charge is -2.33. The zero-order valence-corrected chi connectivity index (χ0v) is 23.6. The molecule has 0 radical (unpaired) electrons. The van der Waals surface area contributed by atoms with Crippen LogP contribution < -0.4 is 0 Å². The van der Waals surface area contributed by atoms with Crippen molar-refractivity contribution in [3.63, 3.8) is 0 Å². The van der Waals surface area contributed by atoms with E-state index in [1.165, 1.54) is 24.3 Å². The lowest BCUT2D eigenvalue weighted by Crippen LogP contribution is -2.35. The minimum Gasteiger partial charge on any atom is -0.481 e. The minimum atomic E-state index is -4.46. The van der Waals surface area contributed by atoms with Crippen molar-refractivity contribution in [1.29, 1.82) is 0 Å². The maximum Gasteiger partial charge on any atom is 0.416 e. The molecule has 1 fully saturated rings. The number of alkyl halides is 6. The second-order valence-electron chi connectivity index (χ2n) is 11.6. The van der Waals surface area contributed by atoms with E-state index < -0.39 is 35.4 Å². The summed E-state index contributed by atoms with van der Waals surface area (Å²) in [5.74, 6) is -1.49. The summed E-state index contributed by atoms with van der Waals surface area (Å²) in [6.07, 6.45) is -6.04. The molecular formula is C33H35F6NO2. The molecule has 1 aliphatic heterocycles. The molecule has 1 heterocycles. The maximum absolute atomic E-state index is 13.2. The maximum atomic E-state index is 13.2. The Bertz CT molecular complexity index is 1350. The Kier molecular flexibility index (Phi) is 9.70. The molecular weight excluding hydrogens is 556 g/mol. The number of benzene rings is 3. The molecule has 3 aromatic carbocycles. The number of likely N-dealkylation sites (tertiary alicyclic amines) is 1. The van der Waals surface area contributed by atoms with E-state index in [0.717, 1.165) is 54.8 Å². The fourth-order valence-corrected chi connectivity index (χ4v) is 5.66. The molecule has 42 heavy (non-hydrogen) atoms. The number of halogens is 6. The quantitative estimate of drug-likeness (QED) is 0.253. The average molecular weight is 592 g/mol. The molecule has 1 unspecified atom stereocenters. The Morgan fingerprint density at radius 3 is 2.02 bits per heavy atom. The van der Waals surface area contributed by atoms with E-state index in [0.29, 0.717) is 42.6 Å². The molecule has 0 spiro atoms. The highest BCUT2D eigenvalue weighted by Crippen LogP contribution is 2.37. The minimum absolute atomic E-state index is 0.0769. The Morgan fingerprint density at radius 2 is 1.48 bits per heavy atom. The molecule has 226 valence electrons. The third kappa shape index (κ3) is 8.15. The number of hydrogen-bond donors (Lipinski definition) is 1. The van der Waals surface area contributed by atoms with Crippen LogP contribution in [0.3, 0.4) is 0 Å². The van der Waals surface area contributed by atoms with Crippen LogP contribution in [0.15, 0.2) is 66.7 Å². The van der Waals surface area contributed by atoms with Crippen molar-refractivity contribution < 1.29 is 36.2 Å². The van der Waals surface area contributed by atoms with Crippen molar-refractivity contribution in [3.8, 4) is 11.1 Å². The summed E-state index contributed by atoms with van der Waals surface area (Å²) in [4.78, 5) is 14.5. The van der Waals surface area contributed by atoms with E-state index in [2.05, 4.69) is 4.90 Å². The van der Waals surface area contributed by atoms with Gasteiger partial charge >= 0.3 is 18.3 Å². The second-order valence-corrected chi connectivity index (χ2v) is 11.6. The lowest BCUT2D eigenvalue weighted by atomic mass is 9.83. The summed E-state index contributed by atoms with van der Waals surface area (Å²) in [5, 5.41) is 10.1. The lowest BCUT2D eigenvalue weighted by molar-refractivity contribution is -0.139. The zero-order chi connectivity index (χ0) is 30.7. The summed E-state index contributed by atoms with van der Waals surface area (Å²) < 4.78 is 78.2. The van der Waals surface area contributed by atoms with Gasteiger partial charge in [0.15, 0.2) is 0 Å². The van der Waals surface area contributed by atoms with E-state index in [1.54, 1.807) is 6.07 Å². The molecule has 1 aliphatic rings.